The van der Waals surface area contributed by atoms with Gasteiger partial charge in [-0.25, -0.2) is 4.39 Å². The Kier molecular flexibility index (Phi) is 11.6. The van der Waals surface area contributed by atoms with E-state index in [0.717, 1.165) is 44.7 Å². The fraction of sp³-hybridized carbons (Fsp3) is 0.647. The molecule has 0 aliphatic carbocycles. The summed E-state index contributed by atoms with van der Waals surface area (Å²) in [5.41, 5.74) is 0.407. The van der Waals surface area contributed by atoms with Crippen LogP contribution in [0.2, 0.25) is 5.02 Å². The van der Waals surface area contributed by atoms with Crippen LogP contribution in [0.3, 0.4) is 0 Å². The molecule has 2 saturated heterocycles. The summed E-state index contributed by atoms with van der Waals surface area (Å²) in [6.07, 6.45) is 6.70. The van der Waals surface area contributed by atoms with Crippen LogP contribution in [0.25, 0.3) is 0 Å². The smallest absolute Gasteiger partial charge is 0.237 e. The summed E-state index contributed by atoms with van der Waals surface area (Å²) in [7, 11) is 0. The van der Waals surface area contributed by atoms with Crippen molar-refractivity contribution in [1.82, 2.24) is 20.4 Å². The average molecular weight is 651 g/mol. The van der Waals surface area contributed by atoms with Crippen molar-refractivity contribution in [2.45, 2.75) is 77.9 Å². The van der Waals surface area contributed by atoms with Crippen molar-refractivity contribution in [3.63, 3.8) is 0 Å². The van der Waals surface area contributed by atoms with Gasteiger partial charge in [-0.1, -0.05) is 69.1 Å². The van der Waals surface area contributed by atoms with Crippen LogP contribution in [0.1, 0.15) is 59.9 Å². The van der Waals surface area contributed by atoms with Gasteiger partial charge in [0.15, 0.2) is 0 Å². The van der Waals surface area contributed by atoms with Gasteiger partial charge in [-0.3, -0.25) is 14.5 Å². The van der Waals surface area contributed by atoms with Crippen molar-refractivity contribution in [3.05, 3.63) is 52.0 Å². The molecule has 1 aromatic carbocycles. The van der Waals surface area contributed by atoms with Crippen LogP contribution in [-0.4, -0.2) is 85.7 Å². The van der Waals surface area contributed by atoms with Gasteiger partial charge in [-0.15, -0.1) is 0 Å². The van der Waals surface area contributed by atoms with Gasteiger partial charge in [0.1, 0.15) is 6.67 Å². The van der Waals surface area contributed by atoms with Crippen LogP contribution >= 0.6 is 23.2 Å². The number of rotatable bonds is 11. The molecular weight excluding hydrogens is 600 g/mol. The van der Waals surface area contributed by atoms with E-state index in [1.54, 1.807) is 12.1 Å². The molecule has 0 aromatic heterocycles. The Morgan fingerprint density at radius 2 is 1.91 bits per heavy atom. The summed E-state index contributed by atoms with van der Waals surface area (Å²) in [5, 5.41) is 10.6. The minimum absolute atomic E-state index is 0.0943. The van der Waals surface area contributed by atoms with Gasteiger partial charge in [-0.05, 0) is 68.3 Å². The normalized spacial score (nSPS) is 27.4. The molecule has 244 valence electrons. The number of nitrogens with zero attached hydrogens (tertiary/aromatic N) is 2. The highest BCUT2D eigenvalue weighted by atomic mass is 35.5. The van der Waals surface area contributed by atoms with Crippen LogP contribution in [-0.2, 0) is 15.0 Å². The van der Waals surface area contributed by atoms with Crippen LogP contribution in [0.5, 0.6) is 0 Å². The van der Waals surface area contributed by atoms with Crippen molar-refractivity contribution in [2.24, 2.45) is 17.3 Å². The highest BCUT2D eigenvalue weighted by Crippen LogP contribution is 2.55. The van der Waals surface area contributed by atoms with E-state index in [4.69, 9.17) is 23.2 Å². The van der Waals surface area contributed by atoms with Gasteiger partial charge in [-0.2, -0.15) is 0 Å². The highest BCUT2D eigenvalue weighted by molar-refractivity contribution is 6.31. The topological polar surface area (TPSA) is 76.7 Å². The minimum atomic E-state index is -1.01. The van der Waals surface area contributed by atoms with E-state index >= 15 is 0 Å². The third-order valence-corrected chi connectivity index (χ3v) is 9.90. The summed E-state index contributed by atoms with van der Waals surface area (Å²) < 4.78 is 13.0. The molecule has 1 spiro atoms. The number of alkyl halides is 1. The van der Waals surface area contributed by atoms with Gasteiger partial charge in [0.05, 0.1) is 11.5 Å². The Hall–Kier alpha value is -1.97. The standard InChI is InChI=1S/C34H50Cl2FN5O2/c1-22(2)42-17-15-41(16-18-42)14-8-13-38-31(43)30-29(23(3)9-7-10-25(36)21-37)34(28(40-30)20-33(4,5)6)26-12-11-24(35)19-27(26)39-32(34)44/h7,9-12,19,22-23,28-30,40H,8,13-18,20-21H2,1-6H3,(H,38,43)(H,39,44)/b9-7-,25-10+/t23?,28-,29+,30-,34+/m1/s1. The molecule has 0 saturated carbocycles. The molecule has 1 unspecified atom stereocenters. The number of allylic oxidation sites excluding steroid dienone is 4. The minimum Gasteiger partial charge on any atom is -0.355 e. The fourth-order valence-electron chi connectivity index (χ4n) is 7.37. The second-order valence-electron chi connectivity index (χ2n) is 14.1. The van der Waals surface area contributed by atoms with E-state index in [0.29, 0.717) is 29.7 Å². The molecule has 7 nitrogen and oxygen atoms in total. The first kappa shape index (κ1) is 34.9. The van der Waals surface area contributed by atoms with E-state index in [1.165, 1.54) is 6.08 Å². The molecular formula is C34H50Cl2FN5O2. The molecule has 0 bridgehead atoms. The van der Waals surface area contributed by atoms with Gasteiger partial charge in [0, 0.05) is 66.5 Å². The average Bonchev–Trinajstić information content (AvgIpc) is 3.44. The lowest BCUT2D eigenvalue weighted by molar-refractivity contribution is -0.126. The van der Waals surface area contributed by atoms with Crippen molar-refractivity contribution in [3.8, 4) is 0 Å². The largest absolute Gasteiger partial charge is 0.355 e. The van der Waals surface area contributed by atoms with Crippen molar-refractivity contribution >= 4 is 40.7 Å². The highest BCUT2D eigenvalue weighted by Gasteiger charge is 2.66. The third kappa shape index (κ3) is 7.69. The third-order valence-electron chi connectivity index (χ3n) is 9.44. The summed E-state index contributed by atoms with van der Waals surface area (Å²) >= 11 is 12.3. The summed E-state index contributed by atoms with van der Waals surface area (Å²) in [6.45, 7) is 17.9. The molecule has 4 rings (SSSR count). The Morgan fingerprint density at radius 1 is 1.20 bits per heavy atom. The molecule has 3 N–H and O–H groups in total. The number of hydrogen-bond donors (Lipinski definition) is 3. The lowest BCUT2D eigenvalue weighted by Gasteiger charge is -2.39. The zero-order chi connectivity index (χ0) is 32.2. The summed E-state index contributed by atoms with van der Waals surface area (Å²) in [5.74, 6) is -0.887. The number of nitrogens with one attached hydrogen (secondary N) is 3. The maximum atomic E-state index is 14.2. The van der Waals surface area contributed by atoms with Crippen LogP contribution in [0.15, 0.2) is 41.5 Å². The van der Waals surface area contributed by atoms with E-state index < -0.39 is 24.0 Å². The Balaban J connectivity index is 1.60. The van der Waals surface area contributed by atoms with E-state index in [9.17, 15) is 14.0 Å². The molecule has 2 fully saturated rings. The van der Waals surface area contributed by atoms with Gasteiger partial charge < -0.3 is 20.9 Å². The fourth-order valence-corrected chi connectivity index (χ4v) is 7.61. The number of hydrogen-bond acceptors (Lipinski definition) is 5. The monoisotopic (exact) mass is 649 g/mol. The Labute approximate surface area is 273 Å². The molecule has 3 heterocycles. The Bertz CT molecular complexity index is 1240. The second-order valence-corrected chi connectivity index (χ2v) is 15.0. The SMILES string of the molecule is CC(/C=C\C=C(\Cl)CF)[C@H]1[C@H](C(=O)NCCCN2CCN(C(C)C)CC2)N[C@H](CC(C)(C)C)[C@]12C(=O)Nc1cc(Cl)ccc12. The molecule has 44 heavy (non-hydrogen) atoms. The number of anilines is 1. The predicted octanol–water partition coefficient (Wildman–Crippen LogP) is 5.74. The van der Waals surface area contributed by atoms with Crippen molar-refractivity contribution in [1.29, 1.82) is 0 Å². The number of carbonyl (C=O) groups excluding carboxylic acids is 2. The lowest BCUT2D eigenvalue weighted by Crippen LogP contribution is -2.52. The van der Waals surface area contributed by atoms with Crippen molar-refractivity contribution < 1.29 is 14.0 Å². The quantitative estimate of drug-likeness (QED) is 0.211. The van der Waals surface area contributed by atoms with E-state index in [2.05, 4.69) is 60.4 Å². The summed E-state index contributed by atoms with van der Waals surface area (Å²) in [4.78, 5) is 33.2. The molecule has 0 radical (unpaired) electrons. The van der Waals surface area contributed by atoms with Crippen LogP contribution in [0.4, 0.5) is 10.1 Å². The van der Waals surface area contributed by atoms with Crippen LogP contribution < -0.4 is 16.0 Å². The summed E-state index contributed by atoms with van der Waals surface area (Å²) in [6, 6.07) is 5.16. The molecule has 5 atom stereocenters. The van der Waals surface area contributed by atoms with Crippen LogP contribution in [0, 0.1) is 17.3 Å². The predicted molar refractivity (Wildman–Crippen MR) is 179 cm³/mol. The zero-order valence-electron chi connectivity index (χ0n) is 27.1. The van der Waals surface area contributed by atoms with Gasteiger partial charge in [0.25, 0.3) is 0 Å². The number of benzene rings is 1. The van der Waals surface area contributed by atoms with E-state index in [-0.39, 0.29) is 34.2 Å². The Morgan fingerprint density at radius 3 is 2.55 bits per heavy atom. The first-order chi connectivity index (χ1) is 20.8. The number of piperazine rings is 1. The number of fused-ring (bicyclic) bond motifs is 2. The first-order valence-corrected chi connectivity index (χ1v) is 16.7. The van der Waals surface area contributed by atoms with E-state index in [1.807, 2.05) is 25.1 Å². The molecule has 2 amide bonds. The molecule has 3 aliphatic heterocycles. The number of halogens is 3. The number of amides is 2. The lowest BCUT2D eigenvalue weighted by atomic mass is 9.61. The molecule has 3 aliphatic rings. The number of carbonyl (C=O) groups is 2. The maximum absolute atomic E-state index is 14.2. The van der Waals surface area contributed by atoms with Gasteiger partial charge >= 0.3 is 0 Å². The zero-order valence-corrected chi connectivity index (χ0v) is 28.6. The maximum Gasteiger partial charge on any atom is 0.237 e. The van der Waals surface area contributed by atoms with Crippen molar-refractivity contribution in [2.75, 3.05) is 51.3 Å². The molecule has 1 aromatic rings. The van der Waals surface area contributed by atoms with Gasteiger partial charge in [0.2, 0.25) is 11.8 Å². The second kappa shape index (κ2) is 14.6. The first-order valence-electron chi connectivity index (χ1n) is 16.0. The molecule has 10 heteroatoms.